The summed E-state index contributed by atoms with van der Waals surface area (Å²) in [6, 6.07) is 14.0. The van der Waals surface area contributed by atoms with Crippen LogP contribution in [0.25, 0.3) is 0 Å². The van der Waals surface area contributed by atoms with Crippen LogP contribution in [-0.4, -0.2) is 25.5 Å². The van der Waals surface area contributed by atoms with E-state index in [0.29, 0.717) is 18.7 Å². The predicted octanol–water partition coefficient (Wildman–Crippen LogP) is 4.11. The lowest BCUT2D eigenvalue weighted by Gasteiger charge is -2.21. The van der Waals surface area contributed by atoms with E-state index >= 15 is 0 Å². The molecule has 0 aromatic heterocycles. The summed E-state index contributed by atoms with van der Waals surface area (Å²) in [5, 5.41) is 5.90. The molecular weight excluding hydrogens is 305 g/mol. The van der Waals surface area contributed by atoms with Crippen LogP contribution in [0.4, 0.5) is 21.5 Å². The molecule has 0 fully saturated rings. The Bertz CT molecular complexity index is 654. The number of amides is 1. The SMILES string of the molecule is CCN(CC)c1ccc(NC(=O)CCNc2cccc(F)c2)cc1. The van der Waals surface area contributed by atoms with Gasteiger partial charge in [0, 0.05) is 43.1 Å². The van der Waals surface area contributed by atoms with Gasteiger partial charge in [0.15, 0.2) is 0 Å². The van der Waals surface area contributed by atoms with Gasteiger partial charge in [-0.2, -0.15) is 0 Å². The van der Waals surface area contributed by atoms with Crippen LogP contribution in [0, 0.1) is 5.82 Å². The summed E-state index contributed by atoms with van der Waals surface area (Å²) in [7, 11) is 0. The van der Waals surface area contributed by atoms with Crippen molar-refractivity contribution in [2.45, 2.75) is 20.3 Å². The van der Waals surface area contributed by atoms with Crippen molar-refractivity contribution in [2.75, 3.05) is 35.2 Å². The lowest BCUT2D eigenvalue weighted by molar-refractivity contribution is -0.115. The van der Waals surface area contributed by atoms with Crippen molar-refractivity contribution < 1.29 is 9.18 Å². The summed E-state index contributed by atoms with van der Waals surface area (Å²) in [4.78, 5) is 14.2. The van der Waals surface area contributed by atoms with Crippen molar-refractivity contribution in [3.05, 3.63) is 54.3 Å². The maximum Gasteiger partial charge on any atom is 0.226 e. The Morgan fingerprint density at radius 2 is 1.75 bits per heavy atom. The third kappa shape index (κ3) is 5.26. The van der Waals surface area contributed by atoms with Crippen LogP contribution in [0.15, 0.2) is 48.5 Å². The highest BCUT2D eigenvalue weighted by molar-refractivity contribution is 5.91. The standard InChI is InChI=1S/C19H24FN3O/c1-3-23(4-2)18-10-8-16(9-11-18)22-19(24)12-13-21-17-7-5-6-15(20)14-17/h5-11,14,21H,3-4,12-13H2,1-2H3,(H,22,24). The number of nitrogens with one attached hydrogen (secondary N) is 2. The lowest BCUT2D eigenvalue weighted by Crippen LogP contribution is -2.21. The first kappa shape index (κ1) is 17.8. The first-order valence-corrected chi connectivity index (χ1v) is 8.26. The molecule has 2 rings (SSSR count). The van der Waals surface area contributed by atoms with Crippen molar-refractivity contribution in [3.8, 4) is 0 Å². The van der Waals surface area contributed by atoms with Crippen LogP contribution < -0.4 is 15.5 Å². The van der Waals surface area contributed by atoms with Gasteiger partial charge in [0.05, 0.1) is 0 Å². The first-order chi connectivity index (χ1) is 11.6. The number of rotatable bonds is 8. The van der Waals surface area contributed by atoms with Gasteiger partial charge in [-0.3, -0.25) is 4.79 Å². The fraction of sp³-hybridized carbons (Fsp3) is 0.316. The summed E-state index contributed by atoms with van der Waals surface area (Å²) in [5.41, 5.74) is 2.60. The zero-order chi connectivity index (χ0) is 17.4. The molecule has 0 aliphatic carbocycles. The zero-order valence-corrected chi connectivity index (χ0v) is 14.2. The molecule has 0 saturated heterocycles. The quantitative estimate of drug-likeness (QED) is 0.766. The number of hydrogen-bond acceptors (Lipinski definition) is 3. The second-order valence-electron chi connectivity index (χ2n) is 5.45. The van der Waals surface area contributed by atoms with E-state index in [1.165, 1.54) is 12.1 Å². The number of benzene rings is 2. The molecular formula is C19H24FN3O. The van der Waals surface area contributed by atoms with E-state index in [9.17, 15) is 9.18 Å². The summed E-state index contributed by atoms with van der Waals surface area (Å²) in [5.74, 6) is -0.368. The highest BCUT2D eigenvalue weighted by atomic mass is 19.1. The molecule has 2 aromatic rings. The van der Waals surface area contributed by atoms with Gasteiger partial charge in [-0.1, -0.05) is 6.07 Å². The third-order valence-corrected chi connectivity index (χ3v) is 3.79. The highest BCUT2D eigenvalue weighted by Gasteiger charge is 2.05. The molecule has 0 saturated carbocycles. The van der Waals surface area contributed by atoms with E-state index in [-0.39, 0.29) is 11.7 Å². The molecule has 1 amide bonds. The summed E-state index contributed by atoms with van der Waals surface area (Å²) in [6.07, 6.45) is 0.314. The minimum Gasteiger partial charge on any atom is -0.384 e. The number of carbonyl (C=O) groups is 1. The zero-order valence-electron chi connectivity index (χ0n) is 14.2. The lowest BCUT2D eigenvalue weighted by atomic mass is 10.2. The average Bonchev–Trinajstić information content (AvgIpc) is 2.57. The van der Waals surface area contributed by atoms with E-state index in [2.05, 4.69) is 29.4 Å². The Morgan fingerprint density at radius 3 is 2.38 bits per heavy atom. The fourth-order valence-corrected chi connectivity index (χ4v) is 2.49. The number of carbonyl (C=O) groups excluding carboxylic acids is 1. The molecule has 128 valence electrons. The minimum absolute atomic E-state index is 0.0745. The number of nitrogens with zero attached hydrogens (tertiary/aromatic N) is 1. The van der Waals surface area contributed by atoms with Crippen molar-refractivity contribution in [1.82, 2.24) is 0 Å². The van der Waals surface area contributed by atoms with E-state index in [0.717, 1.165) is 24.5 Å². The van der Waals surface area contributed by atoms with E-state index in [1.807, 2.05) is 24.3 Å². The van der Waals surface area contributed by atoms with Crippen molar-refractivity contribution in [1.29, 1.82) is 0 Å². The molecule has 2 aromatic carbocycles. The molecule has 5 heteroatoms. The second kappa shape index (κ2) is 8.91. The fourth-order valence-electron chi connectivity index (χ4n) is 2.49. The third-order valence-electron chi connectivity index (χ3n) is 3.79. The molecule has 0 spiro atoms. The van der Waals surface area contributed by atoms with Crippen LogP contribution in [0.5, 0.6) is 0 Å². The Morgan fingerprint density at radius 1 is 1.04 bits per heavy atom. The minimum atomic E-state index is -0.294. The molecule has 0 atom stereocenters. The van der Waals surface area contributed by atoms with E-state index in [1.54, 1.807) is 12.1 Å². The van der Waals surface area contributed by atoms with Gasteiger partial charge in [-0.25, -0.2) is 4.39 Å². The summed E-state index contributed by atoms with van der Waals surface area (Å²) < 4.78 is 13.1. The molecule has 0 bridgehead atoms. The van der Waals surface area contributed by atoms with Gasteiger partial charge in [-0.05, 0) is 56.3 Å². The summed E-state index contributed by atoms with van der Waals surface area (Å²) in [6.45, 7) is 6.59. The monoisotopic (exact) mass is 329 g/mol. The number of anilines is 3. The Balaban J connectivity index is 1.79. The van der Waals surface area contributed by atoms with Crippen LogP contribution in [0.1, 0.15) is 20.3 Å². The first-order valence-electron chi connectivity index (χ1n) is 8.26. The van der Waals surface area contributed by atoms with Crippen LogP contribution in [0.3, 0.4) is 0 Å². The molecule has 24 heavy (non-hydrogen) atoms. The van der Waals surface area contributed by atoms with Crippen LogP contribution in [-0.2, 0) is 4.79 Å². The van der Waals surface area contributed by atoms with Crippen molar-refractivity contribution >= 4 is 23.0 Å². The van der Waals surface area contributed by atoms with Crippen LogP contribution >= 0.6 is 0 Å². The number of halogens is 1. The largest absolute Gasteiger partial charge is 0.384 e. The van der Waals surface area contributed by atoms with Gasteiger partial charge in [0.25, 0.3) is 0 Å². The maximum atomic E-state index is 13.1. The molecule has 2 N–H and O–H groups in total. The normalized spacial score (nSPS) is 10.3. The van der Waals surface area contributed by atoms with Gasteiger partial charge < -0.3 is 15.5 Å². The van der Waals surface area contributed by atoms with Gasteiger partial charge in [0.2, 0.25) is 5.91 Å². The molecule has 4 nitrogen and oxygen atoms in total. The molecule has 0 aliphatic heterocycles. The molecule has 0 radical (unpaired) electrons. The van der Waals surface area contributed by atoms with Crippen LogP contribution in [0.2, 0.25) is 0 Å². The smallest absolute Gasteiger partial charge is 0.226 e. The van der Waals surface area contributed by atoms with Gasteiger partial charge in [-0.15, -0.1) is 0 Å². The second-order valence-corrected chi connectivity index (χ2v) is 5.45. The maximum absolute atomic E-state index is 13.1. The van der Waals surface area contributed by atoms with Gasteiger partial charge >= 0.3 is 0 Å². The average molecular weight is 329 g/mol. The Kier molecular flexibility index (Phi) is 6.61. The van der Waals surface area contributed by atoms with E-state index in [4.69, 9.17) is 0 Å². The molecule has 0 aliphatic rings. The summed E-state index contributed by atoms with van der Waals surface area (Å²) >= 11 is 0. The molecule has 0 heterocycles. The predicted molar refractivity (Wildman–Crippen MR) is 98.1 cm³/mol. The van der Waals surface area contributed by atoms with Gasteiger partial charge in [0.1, 0.15) is 5.82 Å². The number of hydrogen-bond donors (Lipinski definition) is 2. The Hall–Kier alpha value is -2.56. The van der Waals surface area contributed by atoms with Crippen molar-refractivity contribution in [2.24, 2.45) is 0 Å². The van der Waals surface area contributed by atoms with Crippen molar-refractivity contribution in [3.63, 3.8) is 0 Å². The molecule has 0 unspecified atom stereocenters. The highest BCUT2D eigenvalue weighted by Crippen LogP contribution is 2.17. The van der Waals surface area contributed by atoms with E-state index < -0.39 is 0 Å². The topological polar surface area (TPSA) is 44.4 Å². The Labute approximate surface area is 142 Å².